The zero-order valence-electron chi connectivity index (χ0n) is 11.6. The van der Waals surface area contributed by atoms with E-state index in [2.05, 4.69) is 5.16 Å². The summed E-state index contributed by atoms with van der Waals surface area (Å²) in [6.07, 6.45) is -4.28. The summed E-state index contributed by atoms with van der Waals surface area (Å²) in [4.78, 5) is 1.25. The lowest BCUT2D eigenvalue weighted by atomic mass is 10.1. The first-order valence-electron chi connectivity index (χ1n) is 6.07. The molecule has 7 heteroatoms. The van der Waals surface area contributed by atoms with Crippen molar-refractivity contribution in [1.82, 2.24) is 0 Å². The van der Waals surface area contributed by atoms with Crippen LogP contribution in [-0.2, 0) is 0 Å². The normalized spacial score (nSPS) is 12.8. The molecule has 1 aromatic rings. The molecule has 112 valence electrons. The van der Waals surface area contributed by atoms with Gasteiger partial charge in [-0.1, -0.05) is 5.16 Å². The average molecular weight is 289 g/mol. The van der Waals surface area contributed by atoms with Crippen molar-refractivity contribution in [3.63, 3.8) is 0 Å². The number of hydrogen-bond donors (Lipinski definition) is 2. The summed E-state index contributed by atoms with van der Waals surface area (Å²) in [6, 6.07) is 4.38. The fraction of sp³-hybridized carbons (Fsp3) is 0.462. The van der Waals surface area contributed by atoms with Crippen molar-refractivity contribution in [1.29, 1.82) is 0 Å². The summed E-state index contributed by atoms with van der Waals surface area (Å²) in [5.41, 5.74) is 7.07. The van der Waals surface area contributed by atoms with Crippen molar-refractivity contribution in [2.45, 2.75) is 33.0 Å². The lowest BCUT2D eigenvalue weighted by molar-refractivity contribution is -0.120. The maximum absolute atomic E-state index is 12.6. The van der Waals surface area contributed by atoms with Crippen molar-refractivity contribution >= 4 is 11.5 Å². The van der Waals surface area contributed by atoms with E-state index < -0.39 is 12.7 Å². The molecule has 0 aliphatic heterocycles. The molecule has 0 atom stereocenters. The molecule has 0 heterocycles. The highest BCUT2D eigenvalue weighted by molar-refractivity contribution is 5.98. The van der Waals surface area contributed by atoms with Gasteiger partial charge >= 0.3 is 6.18 Å². The van der Waals surface area contributed by atoms with Crippen molar-refractivity contribution in [2.24, 2.45) is 10.9 Å². The number of benzene rings is 1. The summed E-state index contributed by atoms with van der Waals surface area (Å²) in [7, 11) is 0. The fourth-order valence-corrected chi connectivity index (χ4v) is 1.93. The van der Waals surface area contributed by atoms with E-state index in [4.69, 9.17) is 10.9 Å². The molecule has 1 aromatic carbocycles. The van der Waals surface area contributed by atoms with Crippen molar-refractivity contribution in [3.05, 3.63) is 29.3 Å². The number of oxime groups is 1. The van der Waals surface area contributed by atoms with Gasteiger partial charge in [-0.15, -0.1) is 0 Å². The molecular weight excluding hydrogens is 271 g/mol. The topological polar surface area (TPSA) is 61.8 Å². The number of nitrogens with zero attached hydrogens (tertiary/aromatic N) is 2. The Morgan fingerprint density at radius 2 is 2.00 bits per heavy atom. The number of anilines is 1. The highest BCUT2D eigenvalue weighted by atomic mass is 19.4. The number of nitrogens with two attached hydrogens (primary N) is 1. The molecule has 0 saturated heterocycles. The Bertz CT molecular complexity index is 498. The van der Waals surface area contributed by atoms with Crippen LogP contribution in [0.4, 0.5) is 18.9 Å². The molecule has 0 aromatic heterocycles. The first kappa shape index (κ1) is 16.1. The van der Waals surface area contributed by atoms with Gasteiger partial charge in [0.15, 0.2) is 5.84 Å². The zero-order chi connectivity index (χ0) is 15.5. The van der Waals surface area contributed by atoms with Crippen molar-refractivity contribution < 1.29 is 18.4 Å². The summed E-state index contributed by atoms with van der Waals surface area (Å²) in [6.45, 7) is 4.06. The number of rotatable bonds is 4. The van der Waals surface area contributed by atoms with Crippen molar-refractivity contribution in [2.75, 3.05) is 11.4 Å². The van der Waals surface area contributed by atoms with Gasteiger partial charge in [0, 0.05) is 17.3 Å². The van der Waals surface area contributed by atoms with Gasteiger partial charge in [0.05, 0.1) is 0 Å². The smallest absolute Gasteiger partial charge is 0.405 e. The van der Waals surface area contributed by atoms with E-state index in [9.17, 15) is 13.2 Å². The highest BCUT2D eigenvalue weighted by Gasteiger charge is 2.32. The molecule has 0 aliphatic rings. The Balaban J connectivity index is 3.14. The van der Waals surface area contributed by atoms with Crippen LogP contribution in [0.25, 0.3) is 0 Å². The summed E-state index contributed by atoms with van der Waals surface area (Å²) in [5, 5.41) is 11.5. The quantitative estimate of drug-likeness (QED) is 0.388. The van der Waals surface area contributed by atoms with E-state index in [0.717, 1.165) is 0 Å². The first-order valence-corrected chi connectivity index (χ1v) is 6.07. The van der Waals surface area contributed by atoms with Gasteiger partial charge in [-0.05, 0) is 44.5 Å². The Morgan fingerprint density at radius 1 is 1.40 bits per heavy atom. The van der Waals surface area contributed by atoms with Gasteiger partial charge in [0.25, 0.3) is 0 Å². The standard InChI is InChI=1S/C13H18F3N3O/c1-8(2)19(7-13(14,15)16)10-4-5-11(9(3)6-10)12(17)18-20/h4-6,8,20H,7H2,1-3H3,(H2,17,18). The van der Waals surface area contributed by atoms with Crippen LogP contribution < -0.4 is 10.6 Å². The minimum Gasteiger partial charge on any atom is -0.409 e. The van der Waals surface area contributed by atoms with Crippen LogP contribution in [0.2, 0.25) is 0 Å². The summed E-state index contributed by atoms with van der Waals surface area (Å²) in [5.74, 6) is -0.0685. The molecule has 20 heavy (non-hydrogen) atoms. The zero-order valence-corrected chi connectivity index (χ0v) is 11.6. The SMILES string of the molecule is Cc1cc(N(CC(F)(F)F)C(C)C)ccc1/C(N)=N/O. The summed E-state index contributed by atoms with van der Waals surface area (Å²) < 4.78 is 37.8. The van der Waals surface area contributed by atoms with Gasteiger partial charge in [-0.3, -0.25) is 0 Å². The van der Waals surface area contributed by atoms with Crippen LogP contribution in [-0.4, -0.2) is 29.8 Å². The lowest BCUT2D eigenvalue weighted by Crippen LogP contribution is -2.39. The third kappa shape index (κ3) is 4.04. The monoisotopic (exact) mass is 289 g/mol. The van der Waals surface area contributed by atoms with Crippen molar-refractivity contribution in [3.8, 4) is 0 Å². The minimum atomic E-state index is -4.28. The maximum Gasteiger partial charge on any atom is 0.405 e. The molecule has 0 unspecified atom stereocenters. The van der Waals surface area contributed by atoms with Gasteiger partial charge in [0.2, 0.25) is 0 Å². The van der Waals surface area contributed by atoms with Crippen LogP contribution in [0.5, 0.6) is 0 Å². The number of amidine groups is 1. The van der Waals surface area contributed by atoms with Crippen LogP contribution in [0.1, 0.15) is 25.0 Å². The fourth-order valence-electron chi connectivity index (χ4n) is 1.93. The Hall–Kier alpha value is -1.92. The van der Waals surface area contributed by atoms with E-state index in [0.29, 0.717) is 16.8 Å². The molecule has 1 rings (SSSR count). The highest BCUT2D eigenvalue weighted by Crippen LogP contribution is 2.26. The van der Waals surface area contributed by atoms with Crippen LogP contribution >= 0.6 is 0 Å². The second-order valence-corrected chi connectivity index (χ2v) is 4.82. The largest absolute Gasteiger partial charge is 0.409 e. The lowest BCUT2D eigenvalue weighted by Gasteiger charge is -2.30. The molecular formula is C13H18F3N3O. The second kappa shape index (κ2) is 6.02. The Labute approximate surface area is 115 Å². The molecule has 0 saturated carbocycles. The van der Waals surface area contributed by atoms with Gasteiger partial charge in [-0.25, -0.2) is 0 Å². The van der Waals surface area contributed by atoms with Gasteiger partial charge in [-0.2, -0.15) is 13.2 Å². The van der Waals surface area contributed by atoms with E-state index in [1.807, 2.05) is 0 Å². The van der Waals surface area contributed by atoms with E-state index in [1.54, 1.807) is 32.9 Å². The summed E-state index contributed by atoms with van der Waals surface area (Å²) >= 11 is 0. The number of aryl methyl sites for hydroxylation is 1. The molecule has 3 N–H and O–H groups in total. The number of alkyl halides is 3. The average Bonchev–Trinajstić information content (AvgIpc) is 2.33. The van der Waals surface area contributed by atoms with Gasteiger partial charge in [0.1, 0.15) is 6.54 Å². The minimum absolute atomic E-state index is 0.0685. The molecule has 4 nitrogen and oxygen atoms in total. The van der Waals surface area contributed by atoms with Gasteiger partial charge < -0.3 is 15.8 Å². The molecule has 0 spiro atoms. The Kier molecular flexibility index (Phi) is 4.86. The van der Waals surface area contributed by atoms with E-state index in [-0.39, 0.29) is 11.9 Å². The van der Waals surface area contributed by atoms with E-state index in [1.165, 1.54) is 11.0 Å². The molecule has 0 amide bonds. The van der Waals surface area contributed by atoms with E-state index >= 15 is 0 Å². The van der Waals surface area contributed by atoms with Crippen LogP contribution in [0.15, 0.2) is 23.4 Å². The molecule has 0 bridgehead atoms. The molecule has 0 fully saturated rings. The maximum atomic E-state index is 12.6. The second-order valence-electron chi connectivity index (χ2n) is 4.82. The van der Waals surface area contributed by atoms with Crippen LogP contribution in [0.3, 0.4) is 0 Å². The number of hydrogen-bond acceptors (Lipinski definition) is 3. The first-order chi connectivity index (χ1) is 9.15. The predicted molar refractivity (Wildman–Crippen MR) is 72.2 cm³/mol. The number of halogens is 3. The third-order valence-corrected chi connectivity index (χ3v) is 2.90. The van der Waals surface area contributed by atoms with Crippen LogP contribution in [0, 0.1) is 6.92 Å². The third-order valence-electron chi connectivity index (χ3n) is 2.90. The predicted octanol–water partition coefficient (Wildman–Crippen LogP) is 2.87. The molecule has 0 radical (unpaired) electrons. The molecule has 0 aliphatic carbocycles. The Morgan fingerprint density at radius 3 is 2.40 bits per heavy atom.